The Morgan fingerprint density at radius 2 is 1.16 bits per heavy atom. The van der Waals surface area contributed by atoms with E-state index in [0.29, 0.717) is 24.4 Å². The lowest BCUT2D eigenvalue weighted by Crippen LogP contribution is -2.26. The first kappa shape index (κ1) is 22.7. The summed E-state index contributed by atoms with van der Waals surface area (Å²) in [6, 6.07) is 19.6. The fourth-order valence-electron chi connectivity index (χ4n) is 3.08. The van der Waals surface area contributed by atoms with Crippen LogP contribution in [0.1, 0.15) is 31.8 Å². The fourth-order valence-corrected chi connectivity index (χ4v) is 3.08. The minimum absolute atomic E-state index is 0.285. The number of hydrogen-bond acceptors (Lipinski definition) is 5. The van der Waals surface area contributed by atoms with Crippen molar-refractivity contribution in [2.24, 2.45) is 0 Å². The lowest BCUT2D eigenvalue weighted by atomic mass is 10.1. The summed E-state index contributed by atoms with van der Waals surface area (Å²) in [6.07, 6.45) is 0. The number of ether oxygens (including phenoxy) is 3. The van der Waals surface area contributed by atoms with Crippen molar-refractivity contribution in [1.29, 1.82) is 0 Å². The van der Waals surface area contributed by atoms with Crippen molar-refractivity contribution in [3.63, 3.8) is 0 Å². The van der Waals surface area contributed by atoms with Crippen LogP contribution < -0.4 is 24.8 Å². The van der Waals surface area contributed by atoms with Crippen LogP contribution in [0, 0.1) is 0 Å². The SMILES string of the molecule is COc1ccc(CNC(=O)c2ccc(OC)c(C(=O)NCc3ccc(OC)cc3)c2)cc1. The zero-order valence-corrected chi connectivity index (χ0v) is 18.3. The highest BCUT2D eigenvalue weighted by Crippen LogP contribution is 2.21. The molecule has 0 fully saturated rings. The van der Waals surface area contributed by atoms with E-state index in [1.54, 1.807) is 26.4 Å². The van der Waals surface area contributed by atoms with E-state index in [1.807, 2.05) is 48.5 Å². The molecule has 0 saturated carbocycles. The predicted molar refractivity (Wildman–Crippen MR) is 121 cm³/mol. The zero-order valence-electron chi connectivity index (χ0n) is 18.3. The molecule has 0 aliphatic heterocycles. The van der Waals surface area contributed by atoms with Gasteiger partial charge in [0.2, 0.25) is 0 Å². The molecule has 0 spiro atoms. The molecule has 0 saturated heterocycles. The lowest BCUT2D eigenvalue weighted by Gasteiger charge is -2.12. The molecule has 32 heavy (non-hydrogen) atoms. The van der Waals surface area contributed by atoms with Gasteiger partial charge in [0.25, 0.3) is 11.8 Å². The summed E-state index contributed by atoms with van der Waals surface area (Å²) in [6.45, 7) is 0.688. The molecule has 0 aliphatic carbocycles. The average molecular weight is 434 g/mol. The minimum Gasteiger partial charge on any atom is -0.497 e. The Labute approximate surface area is 187 Å². The van der Waals surface area contributed by atoms with Crippen molar-refractivity contribution in [1.82, 2.24) is 10.6 Å². The minimum atomic E-state index is -0.331. The van der Waals surface area contributed by atoms with Gasteiger partial charge in [0, 0.05) is 18.7 Å². The van der Waals surface area contributed by atoms with E-state index in [0.717, 1.165) is 22.6 Å². The largest absolute Gasteiger partial charge is 0.497 e. The first-order valence-corrected chi connectivity index (χ1v) is 10.0. The molecule has 2 N–H and O–H groups in total. The van der Waals surface area contributed by atoms with Gasteiger partial charge in [-0.2, -0.15) is 0 Å². The molecule has 166 valence electrons. The molecule has 7 heteroatoms. The fraction of sp³-hybridized carbons (Fsp3) is 0.200. The molecule has 3 rings (SSSR count). The summed E-state index contributed by atoms with van der Waals surface area (Å²) >= 11 is 0. The maximum atomic E-state index is 12.8. The highest BCUT2D eigenvalue weighted by Gasteiger charge is 2.16. The summed E-state index contributed by atoms with van der Waals surface area (Å²) in [5.74, 6) is 1.27. The Hall–Kier alpha value is -4.00. The topological polar surface area (TPSA) is 85.9 Å². The molecule has 0 atom stereocenters. The molecule has 0 aromatic heterocycles. The van der Waals surface area contributed by atoms with Gasteiger partial charge in [-0.15, -0.1) is 0 Å². The van der Waals surface area contributed by atoms with Crippen LogP contribution in [0.3, 0.4) is 0 Å². The van der Waals surface area contributed by atoms with Gasteiger partial charge >= 0.3 is 0 Å². The van der Waals surface area contributed by atoms with Gasteiger partial charge in [0.15, 0.2) is 0 Å². The van der Waals surface area contributed by atoms with Crippen LogP contribution in [0.25, 0.3) is 0 Å². The van der Waals surface area contributed by atoms with Gasteiger partial charge in [-0.3, -0.25) is 9.59 Å². The second-order valence-electron chi connectivity index (χ2n) is 6.98. The smallest absolute Gasteiger partial charge is 0.255 e. The average Bonchev–Trinajstić information content (AvgIpc) is 2.86. The molecule has 7 nitrogen and oxygen atoms in total. The Kier molecular flexibility index (Phi) is 7.70. The molecule has 0 aliphatic rings. The Bertz CT molecular complexity index is 1060. The number of carbonyl (C=O) groups excluding carboxylic acids is 2. The van der Waals surface area contributed by atoms with Crippen LogP contribution >= 0.6 is 0 Å². The first-order chi connectivity index (χ1) is 15.5. The summed E-state index contributed by atoms with van der Waals surface area (Å²) in [5.41, 5.74) is 2.52. The standard InChI is InChI=1S/C25H26N2O5/c1-30-20-9-4-17(5-10-20)15-26-24(28)19-8-13-23(32-3)22(14-19)25(29)27-16-18-6-11-21(31-2)12-7-18/h4-14H,15-16H2,1-3H3,(H,26,28)(H,27,29). The number of methoxy groups -OCH3 is 3. The molecule has 0 unspecified atom stereocenters. The van der Waals surface area contributed by atoms with E-state index in [2.05, 4.69) is 10.6 Å². The molecule has 3 aromatic carbocycles. The summed E-state index contributed by atoms with van der Waals surface area (Å²) in [5, 5.41) is 5.72. The lowest BCUT2D eigenvalue weighted by molar-refractivity contribution is 0.0948. The second-order valence-corrected chi connectivity index (χ2v) is 6.98. The number of nitrogens with one attached hydrogen (secondary N) is 2. The maximum absolute atomic E-state index is 12.8. The van der Waals surface area contributed by atoms with Crippen molar-refractivity contribution in [3.8, 4) is 17.2 Å². The van der Waals surface area contributed by atoms with Crippen LogP contribution in [0.4, 0.5) is 0 Å². The van der Waals surface area contributed by atoms with Crippen molar-refractivity contribution in [2.75, 3.05) is 21.3 Å². The third-order valence-corrected chi connectivity index (χ3v) is 4.93. The summed E-state index contributed by atoms with van der Waals surface area (Å²) in [4.78, 5) is 25.4. The third-order valence-electron chi connectivity index (χ3n) is 4.93. The Balaban J connectivity index is 1.66. The van der Waals surface area contributed by atoms with Gasteiger partial charge in [-0.25, -0.2) is 0 Å². The normalized spacial score (nSPS) is 10.2. The van der Waals surface area contributed by atoms with Gasteiger partial charge < -0.3 is 24.8 Å². The van der Waals surface area contributed by atoms with Crippen molar-refractivity contribution in [3.05, 3.63) is 89.0 Å². The predicted octanol–water partition coefficient (Wildman–Crippen LogP) is 3.57. The molecular weight excluding hydrogens is 408 g/mol. The quantitative estimate of drug-likeness (QED) is 0.538. The summed E-state index contributed by atoms with van der Waals surface area (Å²) < 4.78 is 15.6. The first-order valence-electron chi connectivity index (χ1n) is 10.0. The molecule has 0 heterocycles. The maximum Gasteiger partial charge on any atom is 0.255 e. The van der Waals surface area contributed by atoms with Gasteiger partial charge in [0.05, 0.1) is 26.9 Å². The van der Waals surface area contributed by atoms with E-state index in [-0.39, 0.29) is 17.4 Å². The molecule has 0 radical (unpaired) electrons. The van der Waals surface area contributed by atoms with Crippen molar-refractivity contribution < 1.29 is 23.8 Å². The van der Waals surface area contributed by atoms with Gasteiger partial charge in [0.1, 0.15) is 17.2 Å². The van der Waals surface area contributed by atoms with E-state index in [4.69, 9.17) is 14.2 Å². The van der Waals surface area contributed by atoms with E-state index in [9.17, 15) is 9.59 Å². The molecule has 2 amide bonds. The molecular formula is C25H26N2O5. The van der Waals surface area contributed by atoms with Crippen LogP contribution in [0.5, 0.6) is 17.2 Å². The number of hydrogen-bond donors (Lipinski definition) is 2. The number of amides is 2. The highest BCUT2D eigenvalue weighted by molar-refractivity contribution is 6.01. The van der Waals surface area contributed by atoms with Crippen LogP contribution in [0.2, 0.25) is 0 Å². The number of rotatable bonds is 9. The Morgan fingerprint density at radius 3 is 1.62 bits per heavy atom. The molecule has 3 aromatic rings. The van der Waals surface area contributed by atoms with Gasteiger partial charge in [-0.05, 0) is 53.6 Å². The van der Waals surface area contributed by atoms with Crippen LogP contribution in [0.15, 0.2) is 66.7 Å². The number of carbonyl (C=O) groups is 2. The van der Waals surface area contributed by atoms with Crippen molar-refractivity contribution >= 4 is 11.8 Å². The second kappa shape index (κ2) is 10.9. The van der Waals surface area contributed by atoms with Crippen LogP contribution in [-0.4, -0.2) is 33.1 Å². The van der Waals surface area contributed by atoms with Crippen molar-refractivity contribution in [2.45, 2.75) is 13.1 Å². The van der Waals surface area contributed by atoms with Crippen LogP contribution in [-0.2, 0) is 13.1 Å². The van der Waals surface area contributed by atoms with Gasteiger partial charge in [-0.1, -0.05) is 24.3 Å². The van der Waals surface area contributed by atoms with E-state index >= 15 is 0 Å². The zero-order chi connectivity index (χ0) is 22.9. The third kappa shape index (κ3) is 5.78. The highest BCUT2D eigenvalue weighted by atomic mass is 16.5. The molecule has 0 bridgehead atoms. The Morgan fingerprint density at radius 1 is 0.656 bits per heavy atom. The summed E-state index contributed by atoms with van der Waals surface area (Å²) in [7, 11) is 4.69. The monoisotopic (exact) mass is 434 g/mol. The van der Waals surface area contributed by atoms with E-state index < -0.39 is 0 Å². The van der Waals surface area contributed by atoms with E-state index in [1.165, 1.54) is 13.2 Å². The number of benzene rings is 3.